The van der Waals surface area contributed by atoms with Gasteiger partial charge in [-0.3, -0.25) is 0 Å². The summed E-state index contributed by atoms with van der Waals surface area (Å²) in [6, 6.07) is 0.746. The third kappa shape index (κ3) is 2.59. The first kappa shape index (κ1) is 16.3. The number of hydrogen-bond acceptors (Lipinski definition) is 3. The van der Waals surface area contributed by atoms with Crippen LogP contribution in [0.2, 0.25) is 10.0 Å². The average Bonchev–Trinajstić information content (AvgIpc) is 2.23. The maximum absolute atomic E-state index is 12.9. The van der Waals surface area contributed by atoms with Gasteiger partial charge in [0.2, 0.25) is 0 Å². The molecule has 0 aliphatic heterocycles. The lowest BCUT2D eigenvalue weighted by Crippen LogP contribution is -2.43. The van der Waals surface area contributed by atoms with Crippen molar-refractivity contribution in [3.63, 3.8) is 0 Å². The fourth-order valence-corrected chi connectivity index (χ4v) is 2.78. The molecule has 0 aliphatic carbocycles. The second-order valence-electron chi connectivity index (χ2n) is 3.32. The largest absolute Gasteiger partial charge is 0.469 e. The molecule has 0 saturated heterocycles. The minimum Gasteiger partial charge on any atom is -0.396 e. The monoisotopic (exact) mass is 343 g/mol. The summed E-state index contributed by atoms with van der Waals surface area (Å²) < 4.78 is 84.7. The predicted octanol–water partition coefficient (Wildman–Crippen LogP) is 3.50. The third-order valence-electron chi connectivity index (χ3n) is 2.03. The van der Waals surface area contributed by atoms with Crippen molar-refractivity contribution in [3.8, 4) is 0 Å². The first-order valence-electron chi connectivity index (χ1n) is 4.26. The van der Waals surface area contributed by atoms with E-state index in [9.17, 15) is 30.4 Å². The molecular formula is C8H4Cl2F5NO2S. The lowest BCUT2D eigenvalue weighted by atomic mass is 10.3. The van der Waals surface area contributed by atoms with Gasteiger partial charge in [0.25, 0.3) is 9.84 Å². The van der Waals surface area contributed by atoms with Crippen LogP contribution < -0.4 is 5.73 Å². The van der Waals surface area contributed by atoms with Gasteiger partial charge in [0.05, 0.1) is 20.6 Å². The Kier molecular flexibility index (Phi) is 3.97. The Morgan fingerprint density at radius 2 is 1.37 bits per heavy atom. The molecule has 1 rings (SSSR count). The maximum atomic E-state index is 12.9. The highest BCUT2D eigenvalue weighted by Crippen LogP contribution is 2.44. The number of hydrogen-bond donors (Lipinski definition) is 1. The van der Waals surface area contributed by atoms with Crippen molar-refractivity contribution in [1.82, 2.24) is 0 Å². The predicted molar refractivity (Wildman–Crippen MR) is 59.1 cm³/mol. The lowest BCUT2D eigenvalue weighted by molar-refractivity contribution is -0.241. The van der Waals surface area contributed by atoms with Crippen LogP contribution in [-0.2, 0) is 9.84 Å². The second kappa shape index (κ2) is 4.64. The van der Waals surface area contributed by atoms with E-state index in [0.717, 1.165) is 0 Å². The Hall–Kier alpha value is -0.800. The van der Waals surface area contributed by atoms with Crippen LogP contribution in [0.15, 0.2) is 17.0 Å². The van der Waals surface area contributed by atoms with Crippen molar-refractivity contribution in [1.29, 1.82) is 0 Å². The van der Waals surface area contributed by atoms with Gasteiger partial charge in [0, 0.05) is 0 Å². The van der Waals surface area contributed by atoms with Crippen LogP contribution in [0.1, 0.15) is 0 Å². The molecule has 0 aliphatic rings. The highest BCUT2D eigenvalue weighted by Gasteiger charge is 2.67. The molecule has 1 aromatic carbocycles. The van der Waals surface area contributed by atoms with Gasteiger partial charge < -0.3 is 5.73 Å². The Bertz CT molecular complexity index is 591. The van der Waals surface area contributed by atoms with Crippen LogP contribution >= 0.6 is 23.2 Å². The standard InChI is InChI=1S/C8H4Cl2F5NO2S/c9-4-1-3(2-5(10)6(4)16)19(17,18)8(14,15)7(11,12)13/h1-2H,16H2. The summed E-state index contributed by atoms with van der Waals surface area (Å²) in [5.74, 6) is 0. The number of alkyl halides is 5. The van der Waals surface area contributed by atoms with Crippen LogP contribution in [-0.4, -0.2) is 19.8 Å². The molecule has 0 unspecified atom stereocenters. The van der Waals surface area contributed by atoms with E-state index in [1.54, 1.807) is 0 Å². The summed E-state index contributed by atoms with van der Waals surface area (Å²) in [4.78, 5) is -1.38. The number of sulfone groups is 1. The molecule has 0 atom stereocenters. The van der Waals surface area contributed by atoms with Crippen LogP contribution in [0.3, 0.4) is 0 Å². The lowest BCUT2D eigenvalue weighted by Gasteiger charge is -2.20. The normalized spacial score (nSPS) is 13.6. The zero-order valence-corrected chi connectivity index (χ0v) is 10.9. The van der Waals surface area contributed by atoms with Gasteiger partial charge in [-0.2, -0.15) is 22.0 Å². The molecule has 108 valence electrons. The van der Waals surface area contributed by atoms with Crippen molar-refractivity contribution in [2.45, 2.75) is 16.3 Å². The Labute approximate surface area is 114 Å². The molecule has 0 bridgehead atoms. The van der Waals surface area contributed by atoms with Crippen LogP contribution in [0, 0.1) is 0 Å². The molecule has 19 heavy (non-hydrogen) atoms. The van der Waals surface area contributed by atoms with Gasteiger partial charge >= 0.3 is 11.4 Å². The first-order chi connectivity index (χ1) is 8.32. The van der Waals surface area contributed by atoms with Gasteiger partial charge in [-0.1, -0.05) is 23.2 Å². The highest BCUT2D eigenvalue weighted by atomic mass is 35.5. The highest BCUT2D eigenvalue weighted by molar-refractivity contribution is 7.92. The Morgan fingerprint density at radius 1 is 1.00 bits per heavy atom. The van der Waals surface area contributed by atoms with Crippen molar-refractivity contribution < 1.29 is 30.4 Å². The van der Waals surface area contributed by atoms with Gasteiger partial charge in [-0.15, -0.1) is 0 Å². The molecule has 0 amide bonds. The SMILES string of the molecule is Nc1c(Cl)cc(S(=O)(=O)C(F)(F)C(F)(F)F)cc1Cl. The molecule has 0 spiro atoms. The number of nitrogen functional groups attached to an aromatic ring is 1. The molecule has 3 nitrogen and oxygen atoms in total. The summed E-state index contributed by atoms with van der Waals surface area (Å²) in [7, 11) is -6.04. The van der Waals surface area contributed by atoms with E-state index in [0.29, 0.717) is 12.1 Å². The molecule has 1 aromatic rings. The van der Waals surface area contributed by atoms with Crippen LogP contribution in [0.25, 0.3) is 0 Å². The van der Waals surface area contributed by atoms with E-state index in [1.807, 2.05) is 0 Å². The first-order valence-corrected chi connectivity index (χ1v) is 6.50. The topological polar surface area (TPSA) is 60.2 Å². The number of halogens is 7. The van der Waals surface area contributed by atoms with Gasteiger partial charge in [0.1, 0.15) is 0 Å². The minimum absolute atomic E-state index is 0.336. The van der Waals surface area contributed by atoms with E-state index in [2.05, 4.69) is 0 Å². The minimum atomic E-state index is -6.27. The molecule has 11 heteroatoms. The molecule has 0 radical (unpaired) electrons. The van der Waals surface area contributed by atoms with Gasteiger partial charge in [-0.25, -0.2) is 8.42 Å². The maximum Gasteiger partial charge on any atom is 0.469 e. The molecule has 0 aromatic heterocycles. The third-order valence-corrected chi connectivity index (χ3v) is 4.42. The van der Waals surface area contributed by atoms with Crippen LogP contribution in [0.4, 0.5) is 27.6 Å². The summed E-state index contributed by atoms with van der Waals surface area (Å²) in [5, 5.41) is -7.07. The molecular weight excluding hydrogens is 340 g/mol. The second-order valence-corrected chi connectivity index (χ2v) is 6.12. The van der Waals surface area contributed by atoms with E-state index in [1.165, 1.54) is 0 Å². The number of anilines is 1. The fraction of sp³-hybridized carbons (Fsp3) is 0.250. The molecule has 0 heterocycles. The summed E-state index contributed by atoms with van der Waals surface area (Å²) in [6.45, 7) is 0. The van der Waals surface area contributed by atoms with Crippen molar-refractivity contribution in [2.75, 3.05) is 5.73 Å². The Balaban J connectivity index is 3.54. The summed E-state index contributed by atoms with van der Waals surface area (Å²) in [5.41, 5.74) is 4.88. The summed E-state index contributed by atoms with van der Waals surface area (Å²) >= 11 is 10.8. The molecule has 0 fully saturated rings. The van der Waals surface area contributed by atoms with Gasteiger partial charge in [0.15, 0.2) is 0 Å². The summed E-state index contributed by atoms with van der Waals surface area (Å²) in [6.07, 6.45) is -6.27. The number of benzene rings is 1. The van der Waals surface area contributed by atoms with E-state index >= 15 is 0 Å². The van der Waals surface area contributed by atoms with E-state index in [-0.39, 0.29) is 5.69 Å². The van der Waals surface area contributed by atoms with Crippen molar-refractivity contribution in [2.24, 2.45) is 0 Å². The zero-order valence-electron chi connectivity index (χ0n) is 8.60. The van der Waals surface area contributed by atoms with Crippen LogP contribution in [0.5, 0.6) is 0 Å². The Morgan fingerprint density at radius 3 is 1.68 bits per heavy atom. The smallest absolute Gasteiger partial charge is 0.396 e. The number of rotatable bonds is 2. The van der Waals surface area contributed by atoms with E-state index < -0.39 is 36.2 Å². The molecule has 2 N–H and O–H groups in total. The average molecular weight is 344 g/mol. The fourth-order valence-electron chi connectivity index (χ4n) is 1.02. The number of nitrogens with two attached hydrogens (primary N) is 1. The zero-order chi connectivity index (χ0) is 15.2. The van der Waals surface area contributed by atoms with Gasteiger partial charge in [-0.05, 0) is 12.1 Å². The quantitative estimate of drug-likeness (QED) is 0.660. The molecule has 0 saturated carbocycles. The van der Waals surface area contributed by atoms with Crippen molar-refractivity contribution in [3.05, 3.63) is 22.2 Å². The van der Waals surface area contributed by atoms with Crippen molar-refractivity contribution >= 4 is 38.7 Å². The van der Waals surface area contributed by atoms with E-state index in [4.69, 9.17) is 28.9 Å².